The molecule has 2 aromatic rings. The molecular weight excluding hydrogens is 376 g/mol. The Balaban J connectivity index is 1.85. The van der Waals surface area contributed by atoms with Gasteiger partial charge in [0.15, 0.2) is 0 Å². The second kappa shape index (κ2) is 8.03. The molecule has 0 unspecified atom stereocenters. The molecule has 1 aliphatic rings. The van der Waals surface area contributed by atoms with Gasteiger partial charge in [-0.05, 0) is 35.2 Å². The smallest absolute Gasteiger partial charge is 0.257 e. The number of anilines is 1. The highest BCUT2D eigenvalue weighted by molar-refractivity contribution is 7.89. The molecule has 3 rings (SSSR count). The van der Waals surface area contributed by atoms with E-state index in [-0.39, 0.29) is 29.0 Å². The first kappa shape index (κ1) is 20.5. The van der Waals surface area contributed by atoms with Crippen molar-refractivity contribution in [3.63, 3.8) is 0 Å². The van der Waals surface area contributed by atoms with Gasteiger partial charge in [-0.2, -0.15) is 4.31 Å². The first-order valence-electron chi connectivity index (χ1n) is 9.28. The molecule has 0 spiro atoms. The van der Waals surface area contributed by atoms with E-state index in [2.05, 4.69) is 26.1 Å². The Morgan fingerprint density at radius 2 is 1.61 bits per heavy atom. The molecule has 0 bridgehead atoms. The van der Waals surface area contributed by atoms with Crippen LogP contribution in [0.5, 0.6) is 0 Å². The van der Waals surface area contributed by atoms with Gasteiger partial charge in [0, 0.05) is 18.8 Å². The lowest BCUT2D eigenvalue weighted by atomic mass is 9.87. The Morgan fingerprint density at radius 3 is 2.21 bits per heavy atom. The maximum atomic E-state index is 13.0. The van der Waals surface area contributed by atoms with Crippen molar-refractivity contribution in [2.24, 2.45) is 0 Å². The molecule has 0 aliphatic carbocycles. The van der Waals surface area contributed by atoms with E-state index >= 15 is 0 Å². The molecule has 6 nitrogen and oxygen atoms in total. The van der Waals surface area contributed by atoms with Crippen LogP contribution in [0, 0.1) is 0 Å². The number of nitrogens with one attached hydrogen (secondary N) is 1. The van der Waals surface area contributed by atoms with Crippen molar-refractivity contribution < 1.29 is 17.9 Å². The minimum Gasteiger partial charge on any atom is -0.379 e. The molecule has 28 heavy (non-hydrogen) atoms. The van der Waals surface area contributed by atoms with Gasteiger partial charge in [-0.3, -0.25) is 4.79 Å². The molecule has 1 aliphatic heterocycles. The summed E-state index contributed by atoms with van der Waals surface area (Å²) in [6.07, 6.45) is 0. The van der Waals surface area contributed by atoms with Crippen LogP contribution in [-0.2, 0) is 20.2 Å². The van der Waals surface area contributed by atoms with Crippen molar-refractivity contribution in [1.82, 2.24) is 4.31 Å². The van der Waals surface area contributed by atoms with Gasteiger partial charge < -0.3 is 10.1 Å². The number of carbonyl (C=O) groups is 1. The van der Waals surface area contributed by atoms with Gasteiger partial charge in [-0.15, -0.1) is 0 Å². The van der Waals surface area contributed by atoms with Crippen molar-refractivity contribution in [2.45, 2.75) is 31.1 Å². The Hall–Kier alpha value is -2.22. The maximum absolute atomic E-state index is 13.0. The number of nitrogens with zero attached hydrogens (tertiary/aromatic N) is 1. The minimum absolute atomic E-state index is 0.0145. The molecular formula is C21H26N2O4S. The van der Waals surface area contributed by atoms with E-state index in [0.29, 0.717) is 18.9 Å². The molecule has 150 valence electrons. The molecule has 1 saturated heterocycles. The van der Waals surface area contributed by atoms with Crippen LogP contribution in [0.3, 0.4) is 0 Å². The van der Waals surface area contributed by atoms with E-state index in [1.807, 2.05) is 24.3 Å². The number of benzene rings is 2. The first-order chi connectivity index (χ1) is 13.2. The summed E-state index contributed by atoms with van der Waals surface area (Å²) in [4.78, 5) is 12.8. The van der Waals surface area contributed by atoms with Crippen LogP contribution in [0.2, 0.25) is 0 Å². The fraction of sp³-hybridized carbons (Fsp3) is 0.381. The summed E-state index contributed by atoms with van der Waals surface area (Å²) >= 11 is 0. The van der Waals surface area contributed by atoms with Crippen molar-refractivity contribution in [3.8, 4) is 0 Å². The van der Waals surface area contributed by atoms with Gasteiger partial charge >= 0.3 is 0 Å². The fourth-order valence-corrected chi connectivity index (χ4v) is 4.65. The zero-order chi connectivity index (χ0) is 20.4. The summed E-state index contributed by atoms with van der Waals surface area (Å²) in [6, 6.07) is 13.9. The molecule has 1 heterocycles. The van der Waals surface area contributed by atoms with Crippen molar-refractivity contribution in [2.75, 3.05) is 31.6 Å². The maximum Gasteiger partial charge on any atom is 0.257 e. The Labute approximate surface area is 166 Å². The Bertz CT molecular complexity index is 941. The van der Waals surface area contributed by atoms with Gasteiger partial charge in [0.05, 0.1) is 23.7 Å². The van der Waals surface area contributed by atoms with E-state index in [9.17, 15) is 13.2 Å². The van der Waals surface area contributed by atoms with Crippen LogP contribution in [0.1, 0.15) is 36.7 Å². The second-order valence-electron chi connectivity index (χ2n) is 7.79. The fourth-order valence-electron chi connectivity index (χ4n) is 3.06. The predicted molar refractivity (Wildman–Crippen MR) is 109 cm³/mol. The molecule has 1 amide bonds. The quantitative estimate of drug-likeness (QED) is 0.852. The Kier molecular flexibility index (Phi) is 5.88. The number of morpholine rings is 1. The van der Waals surface area contributed by atoms with Crippen LogP contribution in [0.15, 0.2) is 53.4 Å². The lowest BCUT2D eigenvalue weighted by molar-refractivity contribution is 0.0730. The van der Waals surface area contributed by atoms with Crippen LogP contribution in [-0.4, -0.2) is 44.9 Å². The van der Waals surface area contributed by atoms with Crippen LogP contribution in [0.25, 0.3) is 0 Å². The minimum atomic E-state index is -3.76. The van der Waals surface area contributed by atoms with Crippen molar-refractivity contribution >= 4 is 21.6 Å². The highest BCUT2D eigenvalue weighted by Crippen LogP contribution is 2.25. The standard InChI is InChI=1S/C21H26N2O4S/c1-21(2,3)16-8-10-17(11-9-16)22-20(24)18-6-4-5-7-19(18)28(25,26)23-12-14-27-15-13-23/h4-11H,12-15H2,1-3H3,(H,22,24). The number of sulfonamides is 1. The average Bonchev–Trinajstić information content (AvgIpc) is 2.68. The molecule has 0 aromatic heterocycles. The average molecular weight is 403 g/mol. The topological polar surface area (TPSA) is 75.7 Å². The van der Waals surface area contributed by atoms with Crippen LogP contribution < -0.4 is 5.32 Å². The summed E-state index contributed by atoms with van der Waals surface area (Å²) in [5, 5.41) is 2.81. The summed E-state index contributed by atoms with van der Waals surface area (Å²) < 4.78 is 32.6. The third-order valence-electron chi connectivity index (χ3n) is 4.73. The largest absolute Gasteiger partial charge is 0.379 e. The van der Waals surface area contributed by atoms with Gasteiger partial charge in [-0.1, -0.05) is 45.0 Å². The molecule has 7 heteroatoms. The highest BCUT2D eigenvalue weighted by Gasteiger charge is 2.30. The summed E-state index contributed by atoms with van der Waals surface area (Å²) in [5.41, 5.74) is 1.92. The van der Waals surface area contributed by atoms with E-state index in [0.717, 1.165) is 5.56 Å². The molecule has 0 radical (unpaired) electrons. The van der Waals surface area contributed by atoms with Gasteiger partial charge in [0.25, 0.3) is 5.91 Å². The van der Waals surface area contributed by atoms with Gasteiger partial charge in [-0.25, -0.2) is 8.42 Å². The second-order valence-corrected chi connectivity index (χ2v) is 9.70. The summed E-state index contributed by atoms with van der Waals surface area (Å²) in [7, 11) is -3.76. The van der Waals surface area contributed by atoms with Gasteiger partial charge in [0.1, 0.15) is 0 Å². The number of amides is 1. The number of hydrogen-bond acceptors (Lipinski definition) is 4. The lowest BCUT2D eigenvalue weighted by Gasteiger charge is -2.26. The predicted octanol–water partition coefficient (Wildman–Crippen LogP) is 3.26. The zero-order valence-electron chi connectivity index (χ0n) is 16.4. The first-order valence-corrected chi connectivity index (χ1v) is 10.7. The third-order valence-corrected chi connectivity index (χ3v) is 6.69. The Morgan fingerprint density at radius 1 is 1.00 bits per heavy atom. The molecule has 0 atom stereocenters. The summed E-state index contributed by atoms with van der Waals surface area (Å²) in [5.74, 6) is -0.448. The van der Waals surface area contributed by atoms with E-state index in [1.165, 1.54) is 16.4 Å². The summed E-state index contributed by atoms with van der Waals surface area (Å²) in [6.45, 7) is 7.63. The normalized spacial score (nSPS) is 16.0. The molecule has 0 saturated carbocycles. The molecule has 1 N–H and O–H groups in total. The molecule has 2 aromatic carbocycles. The van der Waals surface area contributed by atoms with Crippen LogP contribution in [0.4, 0.5) is 5.69 Å². The number of hydrogen-bond donors (Lipinski definition) is 1. The number of carbonyl (C=O) groups excluding carboxylic acids is 1. The van der Waals surface area contributed by atoms with Gasteiger partial charge in [0.2, 0.25) is 10.0 Å². The zero-order valence-corrected chi connectivity index (χ0v) is 17.3. The third kappa shape index (κ3) is 4.43. The molecule has 1 fully saturated rings. The van der Waals surface area contributed by atoms with E-state index in [1.54, 1.807) is 12.1 Å². The SMILES string of the molecule is CC(C)(C)c1ccc(NC(=O)c2ccccc2S(=O)(=O)N2CCOCC2)cc1. The number of ether oxygens (including phenoxy) is 1. The monoisotopic (exact) mass is 402 g/mol. The van der Waals surface area contributed by atoms with Crippen LogP contribution >= 0.6 is 0 Å². The van der Waals surface area contributed by atoms with Crippen molar-refractivity contribution in [3.05, 3.63) is 59.7 Å². The van der Waals surface area contributed by atoms with Crippen molar-refractivity contribution in [1.29, 1.82) is 0 Å². The number of rotatable bonds is 4. The van der Waals surface area contributed by atoms with E-state index < -0.39 is 15.9 Å². The lowest BCUT2D eigenvalue weighted by Crippen LogP contribution is -2.41. The highest BCUT2D eigenvalue weighted by atomic mass is 32.2. The van der Waals surface area contributed by atoms with E-state index in [4.69, 9.17) is 4.74 Å².